The van der Waals surface area contributed by atoms with Crippen LogP contribution in [-0.2, 0) is 11.3 Å². The van der Waals surface area contributed by atoms with Crippen LogP contribution < -0.4 is 4.74 Å². The van der Waals surface area contributed by atoms with E-state index < -0.39 is 6.10 Å². The van der Waals surface area contributed by atoms with Crippen LogP contribution in [0.15, 0.2) is 54.6 Å². The number of benzene rings is 2. The van der Waals surface area contributed by atoms with Crippen LogP contribution in [0.5, 0.6) is 5.75 Å². The summed E-state index contributed by atoms with van der Waals surface area (Å²) < 4.78 is 5.80. The normalized spacial score (nSPS) is 11.8. The van der Waals surface area contributed by atoms with Crippen molar-refractivity contribution >= 4 is 5.91 Å². The molecule has 0 saturated heterocycles. The third-order valence-electron chi connectivity index (χ3n) is 3.70. The maximum absolute atomic E-state index is 12.7. The average molecular weight is 311 g/mol. The Morgan fingerprint density at radius 1 is 1.09 bits per heavy atom. The van der Waals surface area contributed by atoms with Crippen molar-refractivity contribution < 1.29 is 9.53 Å². The number of hydrogen-bond donors (Lipinski definition) is 0. The van der Waals surface area contributed by atoms with E-state index in [1.807, 2.05) is 73.3 Å². The van der Waals surface area contributed by atoms with Gasteiger partial charge in [-0.2, -0.15) is 0 Å². The quantitative estimate of drug-likeness (QED) is 0.767. The summed E-state index contributed by atoms with van der Waals surface area (Å²) >= 11 is 0. The van der Waals surface area contributed by atoms with Crippen molar-refractivity contribution in [1.82, 2.24) is 4.90 Å². The third-order valence-corrected chi connectivity index (χ3v) is 3.70. The molecule has 0 aliphatic heterocycles. The molecule has 122 valence electrons. The zero-order chi connectivity index (χ0) is 16.7. The largest absolute Gasteiger partial charge is 0.481 e. The van der Waals surface area contributed by atoms with Crippen LogP contribution in [-0.4, -0.2) is 23.5 Å². The number of aryl methyl sites for hydroxylation is 1. The molecular formula is C20H25NO2. The van der Waals surface area contributed by atoms with Crippen molar-refractivity contribution in [1.29, 1.82) is 0 Å². The van der Waals surface area contributed by atoms with Crippen molar-refractivity contribution in [3.05, 3.63) is 65.7 Å². The van der Waals surface area contributed by atoms with Gasteiger partial charge in [-0.25, -0.2) is 0 Å². The lowest BCUT2D eigenvalue weighted by atomic mass is 10.2. The Morgan fingerprint density at radius 2 is 1.74 bits per heavy atom. The van der Waals surface area contributed by atoms with Crippen LogP contribution >= 0.6 is 0 Å². The highest BCUT2D eigenvalue weighted by atomic mass is 16.5. The maximum Gasteiger partial charge on any atom is 0.263 e. The molecule has 0 heterocycles. The zero-order valence-electron chi connectivity index (χ0n) is 14.2. The lowest BCUT2D eigenvalue weighted by Gasteiger charge is -2.26. The van der Waals surface area contributed by atoms with Crippen molar-refractivity contribution in [2.75, 3.05) is 6.54 Å². The van der Waals surface area contributed by atoms with E-state index in [4.69, 9.17) is 4.74 Å². The molecule has 2 aromatic rings. The van der Waals surface area contributed by atoms with Gasteiger partial charge >= 0.3 is 0 Å². The van der Waals surface area contributed by atoms with Gasteiger partial charge in [-0.15, -0.1) is 0 Å². The van der Waals surface area contributed by atoms with Crippen molar-refractivity contribution in [3.63, 3.8) is 0 Å². The van der Waals surface area contributed by atoms with Gasteiger partial charge in [0.1, 0.15) is 5.75 Å². The molecule has 0 aromatic heterocycles. The molecule has 0 aliphatic carbocycles. The summed E-state index contributed by atoms with van der Waals surface area (Å²) in [4.78, 5) is 14.6. The van der Waals surface area contributed by atoms with Crippen molar-refractivity contribution in [3.8, 4) is 5.75 Å². The molecular weight excluding hydrogens is 286 g/mol. The highest BCUT2D eigenvalue weighted by Crippen LogP contribution is 2.15. The smallest absolute Gasteiger partial charge is 0.263 e. The molecule has 1 unspecified atom stereocenters. The van der Waals surface area contributed by atoms with Gasteiger partial charge in [0.05, 0.1) is 0 Å². The Hall–Kier alpha value is -2.29. The van der Waals surface area contributed by atoms with E-state index in [1.54, 1.807) is 0 Å². The van der Waals surface area contributed by atoms with E-state index in [1.165, 1.54) is 5.56 Å². The minimum Gasteiger partial charge on any atom is -0.481 e. The number of ether oxygens (including phenoxy) is 1. The lowest BCUT2D eigenvalue weighted by molar-refractivity contribution is -0.138. The summed E-state index contributed by atoms with van der Waals surface area (Å²) in [5, 5.41) is 0. The minimum absolute atomic E-state index is 0.0243. The second-order valence-electron chi connectivity index (χ2n) is 5.82. The standard InChI is InChI=1S/C20H25NO2/c1-4-14-21(15-18-8-6-5-7-9-18)20(22)17(3)23-19-12-10-16(2)11-13-19/h5-13,17H,4,14-15H2,1-3H3. The molecule has 2 rings (SSSR count). The molecule has 0 N–H and O–H groups in total. The van der Waals surface area contributed by atoms with Gasteiger partial charge in [0.15, 0.2) is 6.10 Å². The van der Waals surface area contributed by atoms with Crippen LogP contribution in [0.3, 0.4) is 0 Å². The van der Waals surface area contributed by atoms with Crippen molar-refractivity contribution in [2.24, 2.45) is 0 Å². The molecule has 23 heavy (non-hydrogen) atoms. The Bertz CT molecular complexity index is 607. The minimum atomic E-state index is -0.493. The molecule has 3 nitrogen and oxygen atoms in total. The van der Waals surface area contributed by atoms with Gasteiger partial charge < -0.3 is 9.64 Å². The number of nitrogens with zero attached hydrogens (tertiary/aromatic N) is 1. The SMILES string of the molecule is CCCN(Cc1ccccc1)C(=O)C(C)Oc1ccc(C)cc1. The number of rotatable bonds is 7. The predicted molar refractivity (Wildman–Crippen MR) is 93.4 cm³/mol. The summed E-state index contributed by atoms with van der Waals surface area (Å²) in [6.07, 6.45) is 0.434. The molecule has 0 fully saturated rings. The molecule has 0 aliphatic rings. The Morgan fingerprint density at radius 3 is 2.35 bits per heavy atom. The van der Waals surface area contributed by atoms with E-state index in [9.17, 15) is 4.79 Å². The van der Waals surface area contributed by atoms with Gasteiger partial charge in [-0.05, 0) is 38.0 Å². The first-order valence-electron chi connectivity index (χ1n) is 8.16. The predicted octanol–water partition coefficient (Wildman–Crippen LogP) is 4.20. The number of carbonyl (C=O) groups is 1. The summed E-state index contributed by atoms with van der Waals surface area (Å²) in [5.74, 6) is 0.754. The third kappa shape index (κ3) is 5.13. The van der Waals surface area contributed by atoms with Gasteiger partial charge in [-0.3, -0.25) is 4.79 Å². The Labute approximate surface area is 138 Å². The van der Waals surface area contributed by atoms with E-state index in [2.05, 4.69) is 6.92 Å². The van der Waals surface area contributed by atoms with Gasteiger partial charge in [0.25, 0.3) is 5.91 Å². The summed E-state index contributed by atoms with van der Waals surface area (Å²) in [6, 6.07) is 17.8. The fourth-order valence-electron chi connectivity index (χ4n) is 2.47. The second-order valence-corrected chi connectivity index (χ2v) is 5.82. The van der Waals surface area contributed by atoms with Crippen LogP contribution in [0.25, 0.3) is 0 Å². The highest BCUT2D eigenvalue weighted by Gasteiger charge is 2.21. The van der Waals surface area contributed by atoms with Crippen LogP contribution in [0, 0.1) is 6.92 Å². The fraction of sp³-hybridized carbons (Fsp3) is 0.350. The van der Waals surface area contributed by atoms with Crippen LogP contribution in [0.1, 0.15) is 31.4 Å². The first kappa shape index (κ1) is 17.1. The molecule has 0 radical (unpaired) electrons. The van der Waals surface area contributed by atoms with E-state index >= 15 is 0 Å². The molecule has 1 atom stereocenters. The first-order valence-corrected chi connectivity index (χ1v) is 8.16. The van der Waals surface area contributed by atoms with Gasteiger partial charge in [-0.1, -0.05) is 55.0 Å². The van der Waals surface area contributed by atoms with Crippen LogP contribution in [0.2, 0.25) is 0 Å². The average Bonchev–Trinajstić information content (AvgIpc) is 2.57. The molecule has 2 aromatic carbocycles. The lowest BCUT2D eigenvalue weighted by Crippen LogP contribution is -2.40. The molecule has 0 saturated carbocycles. The Kier molecular flexibility index (Phi) is 6.21. The van der Waals surface area contributed by atoms with Gasteiger partial charge in [0.2, 0.25) is 0 Å². The molecule has 0 spiro atoms. The number of hydrogen-bond acceptors (Lipinski definition) is 2. The number of amides is 1. The van der Waals surface area contributed by atoms with Crippen LogP contribution in [0.4, 0.5) is 0 Å². The summed E-state index contributed by atoms with van der Waals surface area (Å²) in [6.45, 7) is 7.28. The Balaban J connectivity index is 2.02. The van der Waals surface area contributed by atoms with E-state index in [-0.39, 0.29) is 5.91 Å². The topological polar surface area (TPSA) is 29.5 Å². The monoisotopic (exact) mass is 311 g/mol. The molecule has 3 heteroatoms. The summed E-state index contributed by atoms with van der Waals surface area (Å²) in [5.41, 5.74) is 2.31. The van der Waals surface area contributed by atoms with Crippen molar-refractivity contribution in [2.45, 2.75) is 39.8 Å². The van der Waals surface area contributed by atoms with Gasteiger partial charge in [0, 0.05) is 13.1 Å². The summed E-state index contributed by atoms with van der Waals surface area (Å²) in [7, 11) is 0. The number of carbonyl (C=O) groups excluding carboxylic acids is 1. The van der Waals surface area contributed by atoms with E-state index in [0.717, 1.165) is 24.3 Å². The maximum atomic E-state index is 12.7. The molecule has 1 amide bonds. The molecule has 0 bridgehead atoms. The highest BCUT2D eigenvalue weighted by molar-refractivity contribution is 5.80. The van der Waals surface area contributed by atoms with E-state index in [0.29, 0.717) is 6.54 Å². The second kappa shape index (κ2) is 8.37. The first-order chi connectivity index (χ1) is 11.1. The fourth-order valence-corrected chi connectivity index (χ4v) is 2.47. The zero-order valence-corrected chi connectivity index (χ0v) is 14.2.